The Bertz CT molecular complexity index is 682. The lowest BCUT2D eigenvalue weighted by Gasteiger charge is -2.24. The number of carbonyl (C=O) groups is 1. The summed E-state index contributed by atoms with van der Waals surface area (Å²) in [6, 6.07) is -1.15. The molecule has 1 amide bonds. The van der Waals surface area contributed by atoms with Gasteiger partial charge in [0, 0.05) is 0 Å². The number of amides is 1. The second kappa shape index (κ2) is 25.0. The topological polar surface area (TPSA) is 124 Å². The molecule has 0 fully saturated rings. The van der Waals surface area contributed by atoms with E-state index in [1.54, 1.807) is 0 Å². The molecular formula is C30H59NO6S. The van der Waals surface area contributed by atoms with Crippen molar-refractivity contribution in [2.24, 2.45) is 0 Å². The molecule has 0 saturated carbocycles. The third-order valence-corrected chi connectivity index (χ3v) is 7.87. The number of rotatable bonds is 27. The zero-order valence-electron chi connectivity index (χ0n) is 24.4. The highest BCUT2D eigenvalue weighted by Crippen LogP contribution is 2.15. The second-order valence-electron chi connectivity index (χ2n) is 10.9. The Morgan fingerprint density at radius 3 is 1.63 bits per heavy atom. The Hall–Kier alpha value is -0.960. The van der Waals surface area contributed by atoms with Crippen molar-refractivity contribution in [3.05, 3.63) is 12.2 Å². The summed E-state index contributed by atoms with van der Waals surface area (Å²) >= 11 is 0. The van der Waals surface area contributed by atoms with Crippen molar-refractivity contribution in [3.63, 3.8) is 0 Å². The van der Waals surface area contributed by atoms with Crippen molar-refractivity contribution in [1.29, 1.82) is 0 Å². The van der Waals surface area contributed by atoms with Crippen molar-refractivity contribution in [2.45, 2.75) is 167 Å². The molecule has 7 nitrogen and oxygen atoms in total. The lowest BCUT2D eigenvalue weighted by molar-refractivity contribution is -0.131. The van der Waals surface area contributed by atoms with Gasteiger partial charge >= 0.3 is 0 Å². The van der Waals surface area contributed by atoms with E-state index in [9.17, 15) is 28.0 Å². The highest BCUT2D eigenvalue weighted by molar-refractivity contribution is 7.85. The summed E-state index contributed by atoms with van der Waals surface area (Å²) in [5.41, 5.74) is 0. The quantitative estimate of drug-likeness (QED) is 0.0493. The zero-order valence-corrected chi connectivity index (χ0v) is 25.2. The number of carbonyl (C=O) groups excluding carboxylic acids is 1. The number of nitrogens with one attached hydrogen (secondary N) is 1. The third-order valence-electron chi connectivity index (χ3n) is 7.09. The standard InChI is InChI=1S/C30H59NO6S/c1-3-5-7-9-11-13-14-15-16-17-19-20-22-24-28(32)27(26-38(35,36)37)31-30(34)29(33)25-23-21-18-12-10-8-6-4-2/h18,21,27-29,32-33H,3-17,19-20,22-26H2,1-2H3,(H,31,34)(H,35,36,37)/b21-18-. The maximum absolute atomic E-state index is 12.4. The van der Waals surface area contributed by atoms with E-state index < -0.39 is 40.0 Å². The SMILES string of the molecule is CCCCCC/C=C\CCC(O)C(=O)NC(CS(=O)(=O)O)C(O)CCCCCCCCCCCCCCC. The van der Waals surface area contributed by atoms with Gasteiger partial charge < -0.3 is 15.5 Å². The van der Waals surface area contributed by atoms with Gasteiger partial charge in [-0.2, -0.15) is 8.42 Å². The summed E-state index contributed by atoms with van der Waals surface area (Å²) in [5.74, 6) is -1.50. The molecule has 3 unspecified atom stereocenters. The Morgan fingerprint density at radius 1 is 0.684 bits per heavy atom. The summed E-state index contributed by atoms with van der Waals surface area (Å²) in [5, 5.41) is 23.2. The number of hydrogen-bond acceptors (Lipinski definition) is 5. The molecule has 0 radical (unpaired) electrons. The average molecular weight is 562 g/mol. The van der Waals surface area contributed by atoms with Crippen LogP contribution < -0.4 is 5.32 Å². The normalized spacial score (nSPS) is 14.6. The van der Waals surface area contributed by atoms with Crippen LogP contribution in [0.25, 0.3) is 0 Å². The van der Waals surface area contributed by atoms with Crippen LogP contribution in [0.4, 0.5) is 0 Å². The minimum absolute atomic E-state index is 0.213. The molecule has 0 spiro atoms. The van der Waals surface area contributed by atoms with Crippen molar-refractivity contribution in [1.82, 2.24) is 5.32 Å². The van der Waals surface area contributed by atoms with Crippen LogP contribution in [0.1, 0.15) is 149 Å². The van der Waals surface area contributed by atoms with E-state index in [4.69, 9.17) is 0 Å². The zero-order chi connectivity index (χ0) is 28.5. The van der Waals surface area contributed by atoms with Crippen LogP contribution in [-0.4, -0.2) is 53.1 Å². The van der Waals surface area contributed by atoms with Crippen LogP contribution in [0.15, 0.2) is 12.2 Å². The lowest BCUT2D eigenvalue weighted by atomic mass is 10.0. The van der Waals surface area contributed by atoms with E-state index in [0.717, 1.165) is 32.1 Å². The van der Waals surface area contributed by atoms with Crippen LogP contribution in [0.2, 0.25) is 0 Å². The summed E-state index contributed by atoms with van der Waals surface area (Å²) in [6.45, 7) is 4.40. The smallest absolute Gasteiger partial charge is 0.266 e. The monoisotopic (exact) mass is 561 g/mol. The van der Waals surface area contributed by atoms with Crippen LogP contribution >= 0.6 is 0 Å². The molecule has 8 heteroatoms. The predicted octanol–water partition coefficient (Wildman–Crippen LogP) is 6.87. The van der Waals surface area contributed by atoms with Crippen LogP contribution in [0, 0.1) is 0 Å². The summed E-state index contributed by atoms with van der Waals surface area (Å²) in [4.78, 5) is 12.4. The minimum Gasteiger partial charge on any atom is -0.391 e. The van der Waals surface area contributed by atoms with Crippen molar-refractivity contribution < 1.29 is 28.0 Å². The number of unbranched alkanes of at least 4 members (excludes halogenated alkanes) is 16. The first kappa shape index (κ1) is 37.0. The number of aliphatic hydroxyl groups excluding tert-OH is 2. The number of hydrogen-bond donors (Lipinski definition) is 4. The fourth-order valence-electron chi connectivity index (χ4n) is 4.64. The van der Waals surface area contributed by atoms with Gasteiger partial charge in [-0.25, -0.2) is 0 Å². The Balaban J connectivity index is 4.19. The fraction of sp³-hybridized carbons (Fsp3) is 0.900. The average Bonchev–Trinajstić information content (AvgIpc) is 2.86. The molecule has 4 N–H and O–H groups in total. The molecular weight excluding hydrogens is 502 g/mol. The molecule has 3 atom stereocenters. The van der Waals surface area contributed by atoms with E-state index in [1.807, 2.05) is 6.08 Å². The van der Waals surface area contributed by atoms with Crippen molar-refractivity contribution >= 4 is 16.0 Å². The molecule has 0 aliphatic heterocycles. The first-order chi connectivity index (χ1) is 18.2. The predicted molar refractivity (Wildman–Crippen MR) is 158 cm³/mol. The minimum atomic E-state index is -4.40. The highest BCUT2D eigenvalue weighted by atomic mass is 32.2. The maximum atomic E-state index is 12.4. The molecule has 0 aromatic carbocycles. The fourth-order valence-corrected chi connectivity index (χ4v) is 5.40. The van der Waals surface area contributed by atoms with Crippen LogP contribution in [0.5, 0.6) is 0 Å². The first-order valence-corrected chi connectivity index (χ1v) is 17.1. The first-order valence-electron chi connectivity index (χ1n) is 15.5. The van der Waals surface area contributed by atoms with Gasteiger partial charge in [0.2, 0.25) is 5.91 Å². The molecule has 0 aromatic heterocycles. The number of aliphatic hydroxyl groups is 2. The van der Waals surface area contributed by atoms with Gasteiger partial charge in [0.25, 0.3) is 10.1 Å². The summed E-state index contributed by atoms with van der Waals surface area (Å²) < 4.78 is 32.2. The van der Waals surface area contributed by atoms with Crippen LogP contribution in [-0.2, 0) is 14.9 Å². The third kappa shape index (κ3) is 24.1. The molecule has 0 aromatic rings. The van der Waals surface area contributed by atoms with E-state index in [0.29, 0.717) is 19.3 Å². The maximum Gasteiger partial charge on any atom is 0.266 e. The van der Waals surface area contributed by atoms with Gasteiger partial charge in [-0.3, -0.25) is 9.35 Å². The molecule has 0 aliphatic carbocycles. The lowest BCUT2D eigenvalue weighted by Crippen LogP contribution is -2.50. The van der Waals surface area contributed by atoms with Crippen molar-refractivity contribution in [3.8, 4) is 0 Å². The van der Waals surface area contributed by atoms with E-state index in [2.05, 4.69) is 25.2 Å². The molecule has 38 heavy (non-hydrogen) atoms. The molecule has 0 bridgehead atoms. The van der Waals surface area contributed by atoms with E-state index in [1.165, 1.54) is 77.0 Å². The Labute approximate surface area is 234 Å². The van der Waals surface area contributed by atoms with E-state index >= 15 is 0 Å². The Kier molecular flexibility index (Phi) is 24.4. The van der Waals surface area contributed by atoms with E-state index in [-0.39, 0.29) is 6.42 Å². The summed E-state index contributed by atoms with van der Waals surface area (Å²) in [7, 11) is -4.40. The highest BCUT2D eigenvalue weighted by Gasteiger charge is 2.28. The molecule has 0 aliphatic rings. The van der Waals surface area contributed by atoms with Gasteiger partial charge in [-0.15, -0.1) is 0 Å². The largest absolute Gasteiger partial charge is 0.391 e. The van der Waals surface area contributed by atoms with Gasteiger partial charge in [-0.05, 0) is 32.1 Å². The molecule has 0 rings (SSSR count). The van der Waals surface area contributed by atoms with Gasteiger partial charge in [-0.1, -0.05) is 129 Å². The molecule has 0 saturated heterocycles. The van der Waals surface area contributed by atoms with Gasteiger partial charge in [0.05, 0.1) is 17.9 Å². The van der Waals surface area contributed by atoms with Gasteiger partial charge in [0.15, 0.2) is 0 Å². The summed E-state index contributed by atoms with van der Waals surface area (Å²) in [6.07, 6.45) is 24.0. The van der Waals surface area contributed by atoms with Crippen molar-refractivity contribution in [2.75, 3.05) is 5.75 Å². The molecule has 0 heterocycles. The second-order valence-corrected chi connectivity index (χ2v) is 12.4. The van der Waals surface area contributed by atoms with Crippen LogP contribution in [0.3, 0.4) is 0 Å². The number of allylic oxidation sites excluding steroid dienone is 2. The molecule has 226 valence electrons. The van der Waals surface area contributed by atoms with Gasteiger partial charge in [0.1, 0.15) is 6.10 Å². The Morgan fingerprint density at radius 2 is 1.13 bits per heavy atom.